The zero-order chi connectivity index (χ0) is 18.4. The number of hydrogen-bond acceptors (Lipinski definition) is 4. The average molecular weight is 351 g/mol. The van der Waals surface area contributed by atoms with E-state index in [2.05, 4.69) is 5.32 Å². The van der Waals surface area contributed by atoms with Crippen LogP contribution in [0.25, 0.3) is 10.8 Å². The second-order valence-electron chi connectivity index (χ2n) is 6.33. The minimum absolute atomic E-state index is 0.0511. The third-order valence-corrected chi connectivity index (χ3v) is 4.83. The van der Waals surface area contributed by atoms with Crippen LogP contribution in [0.2, 0.25) is 0 Å². The van der Waals surface area contributed by atoms with E-state index in [1.54, 1.807) is 23.1 Å². The average Bonchev–Trinajstić information content (AvgIpc) is 3.09. The molecule has 0 aromatic heterocycles. The molecule has 1 N–H and O–H groups in total. The second-order valence-corrected chi connectivity index (χ2v) is 6.33. The third-order valence-electron chi connectivity index (χ3n) is 4.83. The molecule has 1 saturated heterocycles. The molecule has 7 heteroatoms. The van der Waals surface area contributed by atoms with E-state index >= 15 is 0 Å². The monoisotopic (exact) mass is 351 g/mol. The molecule has 2 aromatic rings. The minimum Gasteiger partial charge on any atom is -0.324 e. The summed E-state index contributed by atoms with van der Waals surface area (Å²) in [5.74, 6) is -1.14. The first-order valence-corrected chi connectivity index (χ1v) is 8.52. The van der Waals surface area contributed by atoms with Crippen LogP contribution < -0.4 is 10.2 Å². The highest BCUT2D eigenvalue weighted by molar-refractivity contribution is 6.27. The summed E-state index contributed by atoms with van der Waals surface area (Å²) < 4.78 is 0. The van der Waals surface area contributed by atoms with Gasteiger partial charge in [-0.1, -0.05) is 12.1 Å². The van der Waals surface area contributed by atoms with Gasteiger partial charge in [-0.3, -0.25) is 24.1 Å². The normalized spacial score (nSPS) is 16.1. The van der Waals surface area contributed by atoms with Crippen LogP contribution in [0.15, 0.2) is 30.3 Å². The van der Waals surface area contributed by atoms with E-state index in [0.29, 0.717) is 17.8 Å². The maximum Gasteiger partial charge on any atom is 0.258 e. The van der Waals surface area contributed by atoms with Crippen molar-refractivity contribution in [2.75, 3.05) is 23.3 Å². The van der Waals surface area contributed by atoms with Gasteiger partial charge in [-0.05, 0) is 25.1 Å². The number of imide groups is 1. The van der Waals surface area contributed by atoms with Crippen molar-refractivity contribution >= 4 is 45.8 Å². The summed E-state index contributed by atoms with van der Waals surface area (Å²) in [5, 5.41) is 4.34. The number of hydrogen-bond donors (Lipinski definition) is 1. The SMILES string of the molecule is CCN1C(=O)c2cccc3c(NC(=O)CN4C(=O)CCC4=O)ccc1c23. The van der Waals surface area contributed by atoms with Gasteiger partial charge in [-0.25, -0.2) is 0 Å². The fourth-order valence-electron chi connectivity index (χ4n) is 3.60. The lowest BCUT2D eigenvalue weighted by atomic mass is 10.0. The van der Waals surface area contributed by atoms with Crippen LogP contribution in [0.5, 0.6) is 0 Å². The molecule has 0 saturated carbocycles. The molecule has 1 fully saturated rings. The molecule has 2 aromatic carbocycles. The number of benzene rings is 2. The van der Waals surface area contributed by atoms with Crippen molar-refractivity contribution in [2.24, 2.45) is 0 Å². The predicted molar refractivity (Wildman–Crippen MR) is 95.9 cm³/mol. The van der Waals surface area contributed by atoms with Gasteiger partial charge in [-0.2, -0.15) is 0 Å². The highest BCUT2D eigenvalue weighted by atomic mass is 16.2. The van der Waals surface area contributed by atoms with Crippen LogP contribution in [-0.4, -0.2) is 41.6 Å². The Balaban J connectivity index is 1.66. The summed E-state index contributed by atoms with van der Waals surface area (Å²) in [4.78, 5) is 50.9. The fraction of sp³-hybridized carbons (Fsp3) is 0.263. The third kappa shape index (κ3) is 2.35. The summed E-state index contributed by atoms with van der Waals surface area (Å²) in [6.45, 7) is 2.18. The molecular formula is C19H17N3O4. The zero-order valence-electron chi connectivity index (χ0n) is 14.2. The van der Waals surface area contributed by atoms with Crippen LogP contribution in [0.3, 0.4) is 0 Å². The largest absolute Gasteiger partial charge is 0.324 e. The van der Waals surface area contributed by atoms with Gasteiger partial charge in [0.25, 0.3) is 5.91 Å². The van der Waals surface area contributed by atoms with Crippen LogP contribution in [0.1, 0.15) is 30.1 Å². The first-order valence-electron chi connectivity index (χ1n) is 8.52. The van der Waals surface area contributed by atoms with Gasteiger partial charge in [0.05, 0.1) is 5.69 Å². The molecule has 0 aliphatic carbocycles. The molecule has 0 unspecified atom stereocenters. The molecular weight excluding hydrogens is 334 g/mol. The maximum atomic E-state index is 12.5. The van der Waals surface area contributed by atoms with Crippen molar-refractivity contribution < 1.29 is 19.2 Å². The second kappa shape index (κ2) is 5.94. The number of nitrogens with zero attached hydrogens (tertiary/aromatic N) is 2. The van der Waals surface area contributed by atoms with Gasteiger partial charge in [0, 0.05) is 41.4 Å². The van der Waals surface area contributed by atoms with Crippen molar-refractivity contribution in [3.8, 4) is 0 Å². The van der Waals surface area contributed by atoms with E-state index in [9.17, 15) is 19.2 Å². The molecule has 4 rings (SSSR count). The topological polar surface area (TPSA) is 86.8 Å². The Morgan fingerprint density at radius 1 is 1.04 bits per heavy atom. The highest BCUT2D eigenvalue weighted by Gasteiger charge is 2.32. The van der Waals surface area contributed by atoms with Crippen molar-refractivity contribution in [3.05, 3.63) is 35.9 Å². The number of nitrogens with one attached hydrogen (secondary N) is 1. The Morgan fingerprint density at radius 2 is 1.77 bits per heavy atom. The Kier molecular flexibility index (Phi) is 3.72. The molecule has 2 aliphatic rings. The van der Waals surface area contributed by atoms with E-state index in [4.69, 9.17) is 0 Å². The number of likely N-dealkylation sites (tertiary alicyclic amines) is 1. The Bertz CT molecular complexity index is 966. The standard InChI is InChI=1S/C19H17N3O4/c1-2-21-14-7-6-13(11-4-3-5-12(18(11)14)19(21)26)20-15(23)10-22-16(24)8-9-17(22)25/h3-7H,2,8-10H2,1H3,(H,20,23). The van der Waals surface area contributed by atoms with Gasteiger partial charge < -0.3 is 10.2 Å². The number of carbonyl (C=O) groups is 4. The number of amides is 4. The first-order chi connectivity index (χ1) is 12.5. The summed E-state index contributed by atoms with van der Waals surface area (Å²) in [5.41, 5.74) is 1.99. The van der Waals surface area contributed by atoms with Crippen molar-refractivity contribution in [3.63, 3.8) is 0 Å². The predicted octanol–water partition coefficient (Wildman–Crippen LogP) is 1.91. The number of anilines is 2. The van der Waals surface area contributed by atoms with Crippen LogP contribution in [0, 0.1) is 0 Å². The highest BCUT2D eigenvalue weighted by Crippen LogP contribution is 2.40. The van der Waals surface area contributed by atoms with Crippen molar-refractivity contribution in [1.82, 2.24) is 4.90 Å². The van der Waals surface area contributed by atoms with Gasteiger partial charge >= 0.3 is 0 Å². The first kappa shape index (κ1) is 16.3. The van der Waals surface area contributed by atoms with E-state index in [0.717, 1.165) is 21.4 Å². The summed E-state index contributed by atoms with van der Waals surface area (Å²) in [6.07, 6.45) is 0.310. The van der Waals surface area contributed by atoms with E-state index in [1.807, 2.05) is 19.1 Å². The molecule has 0 spiro atoms. The molecule has 26 heavy (non-hydrogen) atoms. The van der Waals surface area contributed by atoms with E-state index in [1.165, 1.54) is 0 Å². The van der Waals surface area contributed by atoms with Crippen LogP contribution in [-0.2, 0) is 14.4 Å². The Labute approximate surface area is 149 Å². The Hall–Kier alpha value is -3.22. The van der Waals surface area contributed by atoms with Crippen LogP contribution >= 0.6 is 0 Å². The zero-order valence-corrected chi connectivity index (χ0v) is 14.2. The molecule has 0 radical (unpaired) electrons. The smallest absolute Gasteiger partial charge is 0.258 e. The van der Waals surface area contributed by atoms with Crippen molar-refractivity contribution in [2.45, 2.75) is 19.8 Å². The minimum atomic E-state index is -0.439. The number of carbonyl (C=O) groups excluding carboxylic acids is 4. The molecule has 2 aliphatic heterocycles. The summed E-state index contributed by atoms with van der Waals surface area (Å²) in [6, 6.07) is 8.95. The summed E-state index contributed by atoms with van der Waals surface area (Å²) in [7, 11) is 0. The van der Waals surface area contributed by atoms with E-state index in [-0.39, 0.29) is 37.1 Å². The Morgan fingerprint density at radius 3 is 2.46 bits per heavy atom. The molecule has 0 atom stereocenters. The number of rotatable bonds is 4. The molecule has 132 valence electrons. The quantitative estimate of drug-likeness (QED) is 0.853. The fourth-order valence-corrected chi connectivity index (χ4v) is 3.60. The van der Waals surface area contributed by atoms with Crippen molar-refractivity contribution in [1.29, 1.82) is 0 Å². The van der Waals surface area contributed by atoms with Gasteiger partial charge in [0.1, 0.15) is 6.54 Å². The van der Waals surface area contributed by atoms with Gasteiger partial charge in [-0.15, -0.1) is 0 Å². The van der Waals surface area contributed by atoms with Gasteiger partial charge in [0.2, 0.25) is 17.7 Å². The lowest BCUT2D eigenvalue weighted by Crippen LogP contribution is -2.36. The van der Waals surface area contributed by atoms with Gasteiger partial charge in [0.15, 0.2) is 0 Å². The lowest BCUT2D eigenvalue weighted by Gasteiger charge is -2.16. The lowest BCUT2D eigenvalue weighted by molar-refractivity contribution is -0.141. The molecule has 0 bridgehead atoms. The van der Waals surface area contributed by atoms with Crippen LogP contribution in [0.4, 0.5) is 11.4 Å². The van der Waals surface area contributed by atoms with E-state index < -0.39 is 5.91 Å². The maximum absolute atomic E-state index is 12.5. The summed E-state index contributed by atoms with van der Waals surface area (Å²) >= 11 is 0. The molecule has 4 amide bonds. The molecule has 7 nitrogen and oxygen atoms in total. The molecule has 2 heterocycles.